The molecular formula is C18H18N4O3. The summed E-state index contributed by atoms with van der Waals surface area (Å²) in [5.41, 5.74) is 9.80. The number of benzene rings is 2. The summed E-state index contributed by atoms with van der Waals surface area (Å²) in [6.45, 7) is 0.175. The molecule has 0 radical (unpaired) electrons. The van der Waals surface area contributed by atoms with Crippen LogP contribution in [0.25, 0.3) is 6.08 Å². The molecule has 0 fully saturated rings. The number of carbonyl (C=O) groups excluding carboxylic acids is 2. The molecule has 0 bridgehead atoms. The number of fused-ring (bicyclic) bond motifs is 1. The van der Waals surface area contributed by atoms with E-state index in [0.717, 1.165) is 5.56 Å². The summed E-state index contributed by atoms with van der Waals surface area (Å²) in [4.78, 5) is 25.8. The van der Waals surface area contributed by atoms with Crippen LogP contribution in [0, 0.1) is 0 Å². The third-order valence-corrected chi connectivity index (χ3v) is 3.77. The van der Waals surface area contributed by atoms with Gasteiger partial charge in [-0.05, 0) is 23.8 Å². The van der Waals surface area contributed by atoms with E-state index in [1.165, 1.54) is 4.90 Å². The first-order valence-electron chi connectivity index (χ1n) is 7.74. The van der Waals surface area contributed by atoms with Crippen molar-refractivity contribution >= 4 is 29.3 Å². The monoisotopic (exact) mass is 338 g/mol. The molecule has 0 aromatic heterocycles. The molecule has 0 atom stereocenters. The highest BCUT2D eigenvalue weighted by Crippen LogP contribution is 2.37. The highest BCUT2D eigenvalue weighted by molar-refractivity contribution is 6.10. The van der Waals surface area contributed by atoms with Crippen LogP contribution in [0.4, 0.5) is 11.4 Å². The molecule has 1 heterocycles. The molecule has 128 valence electrons. The fourth-order valence-corrected chi connectivity index (χ4v) is 2.54. The van der Waals surface area contributed by atoms with E-state index in [0.29, 0.717) is 17.1 Å². The van der Waals surface area contributed by atoms with Gasteiger partial charge in [0.1, 0.15) is 0 Å². The number of nitrogen functional groups attached to an aromatic ring is 1. The maximum Gasteiger partial charge on any atom is 0.294 e. The van der Waals surface area contributed by atoms with Gasteiger partial charge in [0.15, 0.2) is 11.5 Å². The fraction of sp³-hybridized carbons (Fsp3) is 0.111. The van der Waals surface area contributed by atoms with E-state index < -0.39 is 0 Å². The first kappa shape index (κ1) is 16.5. The number of nitrogens with zero attached hydrogens (tertiary/aromatic N) is 1. The van der Waals surface area contributed by atoms with E-state index in [-0.39, 0.29) is 30.5 Å². The molecule has 5 N–H and O–H groups in total. The SMILES string of the molecule is NNC(=O)CCN1C(=O)/C(=C\c2ccccc2)Oc2cc(N)ccc21. The van der Waals surface area contributed by atoms with Crippen molar-refractivity contribution in [1.29, 1.82) is 0 Å². The average molecular weight is 338 g/mol. The van der Waals surface area contributed by atoms with Crippen molar-refractivity contribution in [3.8, 4) is 5.75 Å². The molecule has 1 aliphatic heterocycles. The second-order valence-corrected chi connectivity index (χ2v) is 5.52. The van der Waals surface area contributed by atoms with Crippen LogP contribution >= 0.6 is 0 Å². The van der Waals surface area contributed by atoms with E-state index in [1.807, 2.05) is 30.3 Å². The third kappa shape index (κ3) is 3.61. The third-order valence-electron chi connectivity index (χ3n) is 3.77. The highest BCUT2D eigenvalue weighted by atomic mass is 16.5. The zero-order valence-electron chi connectivity index (χ0n) is 13.4. The minimum Gasteiger partial charge on any atom is -0.449 e. The number of ether oxygens (including phenoxy) is 1. The minimum absolute atomic E-state index is 0.0741. The summed E-state index contributed by atoms with van der Waals surface area (Å²) in [6.07, 6.45) is 1.73. The number of nitrogens with one attached hydrogen (secondary N) is 1. The summed E-state index contributed by atoms with van der Waals surface area (Å²) in [5, 5.41) is 0. The maximum atomic E-state index is 12.8. The Morgan fingerprint density at radius 2 is 1.96 bits per heavy atom. The number of nitrogens with two attached hydrogens (primary N) is 2. The molecule has 7 heteroatoms. The summed E-state index contributed by atoms with van der Waals surface area (Å²) in [7, 11) is 0. The Morgan fingerprint density at radius 3 is 2.68 bits per heavy atom. The molecule has 0 spiro atoms. The van der Waals surface area contributed by atoms with Crippen molar-refractivity contribution in [3.05, 3.63) is 59.9 Å². The lowest BCUT2D eigenvalue weighted by Crippen LogP contribution is -2.40. The van der Waals surface area contributed by atoms with Gasteiger partial charge in [-0.2, -0.15) is 0 Å². The summed E-state index contributed by atoms with van der Waals surface area (Å²) in [5.74, 6) is 5.06. The predicted octanol–water partition coefficient (Wildman–Crippen LogP) is 1.42. The Bertz CT molecular complexity index is 833. The van der Waals surface area contributed by atoms with Gasteiger partial charge in [0.25, 0.3) is 5.91 Å². The van der Waals surface area contributed by atoms with Crippen LogP contribution in [0.2, 0.25) is 0 Å². The fourth-order valence-electron chi connectivity index (χ4n) is 2.54. The standard InChI is InChI=1S/C18H18N4O3/c19-13-6-7-14-15(11-13)25-16(10-12-4-2-1-3-5-12)18(24)22(14)9-8-17(23)21-20/h1-7,10-11H,8-9,19-20H2,(H,21,23)/b16-10+. The van der Waals surface area contributed by atoms with Crippen molar-refractivity contribution in [2.45, 2.75) is 6.42 Å². The van der Waals surface area contributed by atoms with Crippen LogP contribution in [0.1, 0.15) is 12.0 Å². The lowest BCUT2D eigenvalue weighted by molar-refractivity contribution is -0.121. The first-order chi connectivity index (χ1) is 12.1. The quantitative estimate of drug-likeness (QED) is 0.257. The number of rotatable bonds is 4. The first-order valence-corrected chi connectivity index (χ1v) is 7.74. The zero-order valence-corrected chi connectivity index (χ0v) is 13.4. The molecular weight excluding hydrogens is 320 g/mol. The molecule has 0 aliphatic carbocycles. The van der Waals surface area contributed by atoms with Gasteiger partial charge in [-0.15, -0.1) is 0 Å². The molecule has 0 unspecified atom stereocenters. The minimum atomic E-state index is -0.357. The molecule has 25 heavy (non-hydrogen) atoms. The Hall–Kier alpha value is -3.32. The van der Waals surface area contributed by atoms with Gasteiger partial charge < -0.3 is 15.4 Å². The van der Waals surface area contributed by atoms with E-state index >= 15 is 0 Å². The molecule has 0 saturated carbocycles. The molecule has 7 nitrogen and oxygen atoms in total. The van der Waals surface area contributed by atoms with Gasteiger partial charge in [-0.1, -0.05) is 30.3 Å². The van der Waals surface area contributed by atoms with Crippen molar-refractivity contribution in [1.82, 2.24) is 5.43 Å². The number of hydrogen-bond acceptors (Lipinski definition) is 5. The number of hydrazine groups is 1. The lowest BCUT2D eigenvalue weighted by Gasteiger charge is -2.30. The molecule has 0 saturated heterocycles. The zero-order chi connectivity index (χ0) is 17.8. The normalized spacial score (nSPS) is 14.8. The smallest absolute Gasteiger partial charge is 0.294 e. The topological polar surface area (TPSA) is 111 Å². The van der Waals surface area contributed by atoms with Crippen LogP contribution in [0.15, 0.2) is 54.3 Å². The van der Waals surface area contributed by atoms with Crippen molar-refractivity contribution in [2.24, 2.45) is 5.84 Å². The largest absolute Gasteiger partial charge is 0.449 e. The number of anilines is 2. The van der Waals surface area contributed by atoms with Crippen LogP contribution in [0.5, 0.6) is 5.75 Å². The van der Waals surface area contributed by atoms with E-state index in [9.17, 15) is 9.59 Å². The number of hydrogen-bond donors (Lipinski definition) is 3. The summed E-state index contributed by atoms with van der Waals surface area (Å²) < 4.78 is 5.76. The van der Waals surface area contributed by atoms with E-state index in [2.05, 4.69) is 5.43 Å². The van der Waals surface area contributed by atoms with Gasteiger partial charge in [-0.25, -0.2) is 5.84 Å². The predicted molar refractivity (Wildman–Crippen MR) is 95.2 cm³/mol. The highest BCUT2D eigenvalue weighted by Gasteiger charge is 2.30. The number of carbonyl (C=O) groups is 2. The average Bonchev–Trinajstić information content (AvgIpc) is 2.62. The Kier molecular flexibility index (Phi) is 4.67. The van der Waals surface area contributed by atoms with E-state index in [4.69, 9.17) is 16.3 Å². The second-order valence-electron chi connectivity index (χ2n) is 5.52. The Balaban J connectivity index is 1.97. The molecule has 1 aliphatic rings. The van der Waals surface area contributed by atoms with Crippen molar-refractivity contribution in [2.75, 3.05) is 17.2 Å². The van der Waals surface area contributed by atoms with Gasteiger partial charge in [0.05, 0.1) is 5.69 Å². The molecule has 3 rings (SSSR count). The van der Waals surface area contributed by atoms with Crippen molar-refractivity contribution in [3.63, 3.8) is 0 Å². The summed E-state index contributed by atoms with van der Waals surface area (Å²) in [6, 6.07) is 14.4. The second kappa shape index (κ2) is 7.06. The van der Waals surface area contributed by atoms with Crippen LogP contribution < -0.4 is 26.6 Å². The van der Waals surface area contributed by atoms with Crippen LogP contribution in [-0.4, -0.2) is 18.4 Å². The van der Waals surface area contributed by atoms with Gasteiger partial charge in [-0.3, -0.25) is 15.0 Å². The van der Waals surface area contributed by atoms with Gasteiger partial charge >= 0.3 is 0 Å². The molecule has 2 amide bonds. The van der Waals surface area contributed by atoms with Crippen molar-refractivity contribution < 1.29 is 14.3 Å². The Labute approximate surface area is 144 Å². The van der Waals surface area contributed by atoms with Crippen LogP contribution in [-0.2, 0) is 9.59 Å². The number of amides is 2. The summed E-state index contributed by atoms with van der Waals surface area (Å²) >= 11 is 0. The lowest BCUT2D eigenvalue weighted by atomic mass is 10.1. The van der Waals surface area contributed by atoms with E-state index in [1.54, 1.807) is 24.3 Å². The van der Waals surface area contributed by atoms with Gasteiger partial charge in [0.2, 0.25) is 5.91 Å². The Morgan fingerprint density at radius 1 is 1.20 bits per heavy atom. The van der Waals surface area contributed by atoms with Gasteiger partial charge in [0, 0.05) is 24.7 Å². The molecule has 2 aromatic rings. The van der Waals surface area contributed by atoms with Crippen LogP contribution in [0.3, 0.4) is 0 Å². The maximum absolute atomic E-state index is 12.8. The molecule has 2 aromatic carbocycles.